The first kappa shape index (κ1) is 21.2. The Morgan fingerprint density at radius 1 is 1.11 bits per heavy atom. The minimum absolute atomic E-state index is 0.0364. The van der Waals surface area contributed by atoms with Gasteiger partial charge >= 0.3 is 0 Å². The van der Waals surface area contributed by atoms with Gasteiger partial charge in [0.1, 0.15) is 0 Å². The van der Waals surface area contributed by atoms with Gasteiger partial charge in [0, 0.05) is 32.1 Å². The van der Waals surface area contributed by atoms with Crippen molar-refractivity contribution in [3.05, 3.63) is 41.5 Å². The van der Waals surface area contributed by atoms with Crippen LogP contribution < -0.4 is 5.32 Å². The van der Waals surface area contributed by atoms with Crippen molar-refractivity contribution in [2.45, 2.75) is 71.6 Å². The first-order valence-corrected chi connectivity index (χ1v) is 10.1. The summed E-state index contributed by atoms with van der Waals surface area (Å²) in [4.78, 5) is 26.2. The fraction of sp³-hybridized carbons (Fsp3) is 0.565. The molecule has 0 heterocycles. The molecule has 0 saturated heterocycles. The van der Waals surface area contributed by atoms with Gasteiger partial charge in [-0.3, -0.25) is 9.59 Å². The molecule has 2 rings (SSSR count). The van der Waals surface area contributed by atoms with Crippen molar-refractivity contribution in [3.8, 4) is 0 Å². The van der Waals surface area contributed by atoms with E-state index in [1.165, 1.54) is 18.4 Å². The molecule has 0 unspecified atom stereocenters. The van der Waals surface area contributed by atoms with E-state index in [1.54, 1.807) is 11.8 Å². The monoisotopic (exact) mass is 370 g/mol. The average molecular weight is 371 g/mol. The second-order valence-corrected chi connectivity index (χ2v) is 8.46. The Morgan fingerprint density at radius 3 is 2.48 bits per heavy atom. The Hall–Kier alpha value is -2.10. The molecule has 0 saturated carbocycles. The van der Waals surface area contributed by atoms with E-state index < -0.39 is 0 Å². The zero-order valence-electron chi connectivity index (χ0n) is 17.3. The standard InChI is InChI=1S/C23H34N2O2/c1-18(26)25(16-14-19-10-6-5-7-11-19)17-15-22(27)24-21-13-9-8-12-20(21)23(2,3)4/h8-10,12-13H,5-7,11,14-17H2,1-4H3,(H,24,27). The summed E-state index contributed by atoms with van der Waals surface area (Å²) in [6.45, 7) is 9.15. The highest BCUT2D eigenvalue weighted by molar-refractivity contribution is 5.92. The van der Waals surface area contributed by atoms with Crippen LogP contribution in [0.3, 0.4) is 0 Å². The van der Waals surface area contributed by atoms with Gasteiger partial charge in [-0.05, 0) is 49.1 Å². The van der Waals surface area contributed by atoms with Crippen LogP contribution in [0, 0.1) is 0 Å². The van der Waals surface area contributed by atoms with Crippen molar-refractivity contribution < 1.29 is 9.59 Å². The number of para-hydroxylation sites is 1. The third-order valence-corrected chi connectivity index (χ3v) is 5.15. The molecule has 27 heavy (non-hydrogen) atoms. The molecule has 0 bridgehead atoms. The first-order chi connectivity index (χ1) is 12.8. The topological polar surface area (TPSA) is 49.4 Å². The fourth-order valence-electron chi connectivity index (χ4n) is 3.53. The molecular formula is C23H34N2O2. The van der Waals surface area contributed by atoms with Gasteiger partial charge in [0.05, 0.1) is 0 Å². The number of nitrogens with one attached hydrogen (secondary N) is 1. The van der Waals surface area contributed by atoms with Gasteiger partial charge in [-0.2, -0.15) is 0 Å². The lowest BCUT2D eigenvalue weighted by Gasteiger charge is -2.24. The van der Waals surface area contributed by atoms with Crippen molar-refractivity contribution in [3.63, 3.8) is 0 Å². The van der Waals surface area contributed by atoms with E-state index in [0.29, 0.717) is 19.5 Å². The average Bonchev–Trinajstić information content (AvgIpc) is 2.61. The van der Waals surface area contributed by atoms with E-state index in [2.05, 4.69) is 38.2 Å². The molecule has 148 valence electrons. The molecule has 4 nitrogen and oxygen atoms in total. The molecule has 4 heteroatoms. The Kier molecular flexibility index (Phi) is 7.64. The van der Waals surface area contributed by atoms with E-state index in [9.17, 15) is 9.59 Å². The van der Waals surface area contributed by atoms with Crippen LogP contribution in [0.1, 0.15) is 71.8 Å². The van der Waals surface area contributed by atoms with Gasteiger partial charge in [-0.15, -0.1) is 0 Å². The third kappa shape index (κ3) is 6.85. The number of hydrogen-bond acceptors (Lipinski definition) is 2. The molecule has 0 fully saturated rings. The van der Waals surface area contributed by atoms with Crippen LogP contribution in [-0.2, 0) is 15.0 Å². The minimum Gasteiger partial charge on any atom is -0.342 e. The van der Waals surface area contributed by atoms with Gasteiger partial charge in [-0.25, -0.2) is 0 Å². The Balaban J connectivity index is 1.89. The molecule has 1 aromatic rings. The highest BCUT2D eigenvalue weighted by Crippen LogP contribution is 2.29. The number of hydrogen-bond donors (Lipinski definition) is 1. The number of amides is 2. The van der Waals surface area contributed by atoms with E-state index in [-0.39, 0.29) is 17.2 Å². The van der Waals surface area contributed by atoms with E-state index in [0.717, 1.165) is 30.5 Å². The SMILES string of the molecule is CC(=O)N(CCC(=O)Nc1ccccc1C(C)(C)C)CCC1=CCCCC1. The number of allylic oxidation sites excluding steroid dienone is 1. The summed E-state index contributed by atoms with van der Waals surface area (Å²) in [7, 11) is 0. The quantitative estimate of drug-likeness (QED) is 0.683. The van der Waals surface area contributed by atoms with Crippen LogP contribution in [0.25, 0.3) is 0 Å². The number of carbonyl (C=O) groups excluding carboxylic acids is 2. The summed E-state index contributed by atoms with van der Waals surface area (Å²) in [6.07, 6.45) is 8.39. The van der Waals surface area contributed by atoms with E-state index in [1.807, 2.05) is 18.2 Å². The lowest BCUT2D eigenvalue weighted by atomic mass is 9.86. The van der Waals surface area contributed by atoms with E-state index >= 15 is 0 Å². The maximum Gasteiger partial charge on any atom is 0.226 e. The summed E-state index contributed by atoms with van der Waals surface area (Å²) >= 11 is 0. The molecule has 1 aromatic carbocycles. The van der Waals surface area contributed by atoms with Crippen LogP contribution in [0.4, 0.5) is 5.69 Å². The smallest absolute Gasteiger partial charge is 0.226 e. The predicted molar refractivity (Wildman–Crippen MR) is 112 cm³/mol. The second kappa shape index (κ2) is 9.72. The molecule has 0 aliphatic heterocycles. The van der Waals surface area contributed by atoms with Gasteiger partial charge in [-0.1, -0.05) is 50.6 Å². The predicted octanol–water partition coefficient (Wildman–Crippen LogP) is 5.05. The largest absolute Gasteiger partial charge is 0.342 e. The van der Waals surface area contributed by atoms with E-state index in [4.69, 9.17) is 0 Å². The Morgan fingerprint density at radius 2 is 1.85 bits per heavy atom. The zero-order chi connectivity index (χ0) is 19.9. The molecule has 0 atom stereocenters. The summed E-state index contributed by atoms with van der Waals surface area (Å²) in [6, 6.07) is 7.92. The first-order valence-electron chi connectivity index (χ1n) is 10.1. The third-order valence-electron chi connectivity index (χ3n) is 5.15. The molecule has 0 aromatic heterocycles. The van der Waals surface area contributed by atoms with Crippen molar-refractivity contribution in [2.75, 3.05) is 18.4 Å². The summed E-state index contributed by atoms with van der Waals surface area (Å²) in [5.41, 5.74) is 3.39. The van der Waals surface area contributed by atoms with Gasteiger partial charge in [0.25, 0.3) is 0 Å². The van der Waals surface area contributed by atoms with Crippen LogP contribution >= 0.6 is 0 Å². The lowest BCUT2D eigenvalue weighted by Crippen LogP contribution is -2.33. The van der Waals surface area contributed by atoms with Gasteiger partial charge < -0.3 is 10.2 Å². The summed E-state index contributed by atoms with van der Waals surface area (Å²) < 4.78 is 0. The van der Waals surface area contributed by atoms with Crippen molar-refractivity contribution in [1.29, 1.82) is 0 Å². The molecular weight excluding hydrogens is 336 g/mol. The molecule has 2 amide bonds. The molecule has 1 aliphatic rings. The van der Waals surface area contributed by atoms with Crippen molar-refractivity contribution >= 4 is 17.5 Å². The lowest BCUT2D eigenvalue weighted by molar-refractivity contribution is -0.129. The van der Waals surface area contributed by atoms with Crippen molar-refractivity contribution in [2.24, 2.45) is 0 Å². The number of carbonyl (C=O) groups is 2. The number of benzene rings is 1. The van der Waals surface area contributed by atoms with Gasteiger partial charge in [0.2, 0.25) is 11.8 Å². The maximum atomic E-state index is 12.5. The Labute approximate surface area is 164 Å². The number of anilines is 1. The number of nitrogens with zero attached hydrogens (tertiary/aromatic N) is 1. The van der Waals surface area contributed by atoms with Crippen LogP contribution in [0.5, 0.6) is 0 Å². The van der Waals surface area contributed by atoms with Gasteiger partial charge in [0.15, 0.2) is 0 Å². The molecule has 1 N–H and O–H groups in total. The van der Waals surface area contributed by atoms with Crippen molar-refractivity contribution in [1.82, 2.24) is 4.90 Å². The maximum absolute atomic E-state index is 12.5. The fourth-order valence-corrected chi connectivity index (χ4v) is 3.53. The molecule has 1 aliphatic carbocycles. The van der Waals surface area contributed by atoms with Crippen LogP contribution in [0.15, 0.2) is 35.9 Å². The highest BCUT2D eigenvalue weighted by atomic mass is 16.2. The normalized spacial score (nSPS) is 14.4. The number of rotatable bonds is 7. The highest BCUT2D eigenvalue weighted by Gasteiger charge is 2.19. The molecule has 0 radical (unpaired) electrons. The van der Waals surface area contributed by atoms with Crippen LogP contribution in [0.2, 0.25) is 0 Å². The minimum atomic E-state index is -0.0465. The Bertz CT molecular complexity index is 686. The summed E-state index contributed by atoms with van der Waals surface area (Å²) in [5.74, 6) is -0.0101. The second-order valence-electron chi connectivity index (χ2n) is 8.46. The molecule has 0 spiro atoms. The zero-order valence-corrected chi connectivity index (χ0v) is 17.3. The summed E-state index contributed by atoms with van der Waals surface area (Å²) in [5, 5.41) is 3.03. The van der Waals surface area contributed by atoms with Crippen LogP contribution in [-0.4, -0.2) is 29.8 Å².